The molecule has 0 atom stereocenters. The summed E-state index contributed by atoms with van der Waals surface area (Å²) in [6.45, 7) is 1.77. The highest BCUT2D eigenvalue weighted by Crippen LogP contribution is 2.32. The highest BCUT2D eigenvalue weighted by atomic mass is 19.4. The van der Waals surface area contributed by atoms with E-state index in [0.29, 0.717) is 11.6 Å². The number of hydrogen-bond acceptors (Lipinski definition) is 1. The van der Waals surface area contributed by atoms with E-state index in [-0.39, 0.29) is 5.69 Å². The quantitative estimate of drug-likeness (QED) is 0.645. The van der Waals surface area contributed by atoms with Gasteiger partial charge in [0.05, 0.1) is 11.1 Å². The zero-order valence-corrected chi connectivity index (χ0v) is 12.0. The zero-order valence-electron chi connectivity index (χ0n) is 12.0. The molecule has 0 saturated heterocycles. The van der Waals surface area contributed by atoms with Gasteiger partial charge in [0.25, 0.3) is 5.91 Å². The Bertz CT molecular complexity index is 803. The van der Waals surface area contributed by atoms with Crippen molar-refractivity contribution < 1.29 is 22.4 Å². The summed E-state index contributed by atoms with van der Waals surface area (Å²) in [6.07, 6.45) is 0.431. The van der Waals surface area contributed by atoms with Gasteiger partial charge in [-0.25, -0.2) is 4.39 Å². The van der Waals surface area contributed by atoms with Crippen molar-refractivity contribution in [1.29, 1.82) is 0 Å². The van der Waals surface area contributed by atoms with Crippen molar-refractivity contribution in [3.05, 3.63) is 64.5 Å². The van der Waals surface area contributed by atoms with Gasteiger partial charge in [-0.05, 0) is 36.8 Å². The third-order valence-corrected chi connectivity index (χ3v) is 3.20. The average molecular weight is 321 g/mol. The van der Waals surface area contributed by atoms with Gasteiger partial charge in [-0.3, -0.25) is 4.79 Å². The normalized spacial score (nSPS) is 11.0. The van der Waals surface area contributed by atoms with E-state index in [0.717, 1.165) is 17.7 Å². The Morgan fingerprint density at radius 2 is 1.91 bits per heavy atom. The van der Waals surface area contributed by atoms with Crippen molar-refractivity contribution >= 4 is 11.6 Å². The van der Waals surface area contributed by atoms with Crippen LogP contribution in [0.5, 0.6) is 0 Å². The third kappa shape index (κ3) is 3.51. The lowest BCUT2D eigenvalue weighted by Gasteiger charge is -2.12. The van der Waals surface area contributed by atoms with E-state index in [1.165, 1.54) is 12.1 Å². The van der Waals surface area contributed by atoms with Gasteiger partial charge in [-0.15, -0.1) is 6.42 Å². The maximum atomic E-state index is 13.9. The largest absolute Gasteiger partial charge is 0.419 e. The number of hydrogen-bond donors (Lipinski definition) is 1. The number of benzene rings is 2. The number of halogens is 4. The zero-order chi connectivity index (χ0) is 17.2. The van der Waals surface area contributed by atoms with Crippen molar-refractivity contribution in [2.75, 3.05) is 5.32 Å². The highest BCUT2D eigenvalue weighted by Gasteiger charge is 2.35. The summed E-state index contributed by atoms with van der Waals surface area (Å²) in [4.78, 5) is 12.0. The standard InChI is InChI=1S/C17H11F4NO/c1-3-11-9-12(8-7-10(11)2)22-16(23)13-5-4-6-14(15(13)18)17(19,20)21/h1,4-9H,2H3,(H,22,23). The van der Waals surface area contributed by atoms with Crippen molar-refractivity contribution in [3.8, 4) is 12.3 Å². The summed E-state index contributed by atoms with van der Waals surface area (Å²) in [5.41, 5.74) is -0.588. The molecule has 6 heteroatoms. The Kier molecular flexibility index (Phi) is 4.41. The van der Waals surface area contributed by atoms with E-state index in [1.807, 2.05) is 0 Å². The number of rotatable bonds is 2. The second-order valence-corrected chi connectivity index (χ2v) is 4.79. The Morgan fingerprint density at radius 3 is 2.52 bits per heavy atom. The Morgan fingerprint density at radius 1 is 1.22 bits per heavy atom. The van der Waals surface area contributed by atoms with Crippen LogP contribution in [-0.2, 0) is 6.18 Å². The van der Waals surface area contributed by atoms with Crippen molar-refractivity contribution in [3.63, 3.8) is 0 Å². The molecule has 0 heterocycles. The van der Waals surface area contributed by atoms with E-state index in [4.69, 9.17) is 6.42 Å². The molecule has 0 aromatic heterocycles. The second-order valence-electron chi connectivity index (χ2n) is 4.79. The summed E-state index contributed by atoms with van der Waals surface area (Å²) in [5, 5.41) is 2.34. The summed E-state index contributed by atoms with van der Waals surface area (Å²) in [7, 11) is 0. The van der Waals surface area contributed by atoms with E-state index in [2.05, 4.69) is 11.2 Å². The minimum Gasteiger partial charge on any atom is -0.322 e. The lowest BCUT2D eigenvalue weighted by atomic mass is 10.1. The van der Waals surface area contributed by atoms with Crippen LogP contribution in [0.15, 0.2) is 36.4 Å². The predicted molar refractivity (Wildman–Crippen MR) is 78.5 cm³/mol. The molecule has 0 unspecified atom stereocenters. The fourth-order valence-corrected chi connectivity index (χ4v) is 1.98. The van der Waals surface area contributed by atoms with Gasteiger partial charge in [0.2, 0.25) is 0 Å². The molecule has 2 aromatic rings. The van der Waals surface area contributed by atoms with Crippen LogP contribution in [0.2, 0.25) is 0 Å². The molecule has 1 amide bonds. The van der Waals surface area contributed by atoms with Crippen LogP contribution < -0.4 is 5.32 Å². The second kappa shape index (κ2) is 6.13. The van der Waals surface area contributed by atoms with E-state index in [9.17, 15) is 22.4 Å². The first kappa shape index (κ1) is 16.6. The number of alkyl halides is 3. The molecule has 1 N–H and O–H groups in total. The molecule has 23 heavy (non-hydrogen) atoms. The first-order valence-electron chi connectivity index (χ1n) is 6.48. The van der Waals surface area contributed by atoms with Gasteiger partial charge in [0, 0.05) is 11.3 Å². The number of aryl methyl sites for hydroxylation is 1. The first-order valence-corrected chi connectivity index (χ1v) is 6.48. The van der Waals surface area contributed by atoms with E-state index in [1.54, 1.807) is 13.0 Å². The first-order chi connectivity index (χ1) is 10.7. The van der Waals surface area contributed by atoms with Gasteiger partial charge in [-0.2, -0.15) is 13.2 Å². The fourth-order valence-electron chi connectivity index (χ4n) is 1.98. The topological polar surface area (TPSA) is 29.1 Å². The summed E-state index contributed by atoms with van der Waals surface area (Å²) < 4.78 is 51.9. The van der Waals surface area contributed by atoms with Crippen molar-refractivity contribution in [2.45, 2.75) is 13.1 Å². The minimum atomic E-state index is -4.87. The van der Waals surface area contributed by atoms with Crippen LogP contribution in [0.3, 0.4) is 0 Å². The Balaban J connectivity index is 2.34. The van der Waals surface area contributed by atoms with Gasteiger partial charge < -0.3 is 5.32 Å². The Hall–Kier alpha value is -2.81. The van der Waals surface area contributed by atoms with Gasteiger partial charge >= 0.3 is 6.18 Å². The van der Waals surface area contributed by atoms with Gasteiger partial charge in [-0.1, -0.05) is 18.1 Å². The number of terminal acetylenes is 1. The molecular formula is C17H11F4NO. The number of anilines is 1. The highest BCUT2D eigenvalue weighted by molar-refractivity contribution is 6.04. The van der Waals surface area contributed by atoms with Crippen LogP contribution in [-0.4, -0.2) is 5.91 Å². The number of nitrogens with one attached hydrogen (secondary N) is 1. The molecule has 0 spiro atoms. The molecule has 0 aliphatic heterocycles. The molecule has 2 aromatic carbocycles. The van der Waals surface area contributed by atoms with Crippen LogP contribution in [0.4, 0.5) is 23.2 Å². The lowest BCUT2D eigenvalue weighted by Crippen LogP contribution is -2.17. The molecule has 118 valence electrons. The summed E-state index contributed by atoms with van der Waals surface area (Å²) >= 11 is 0. The van der Waals surface area contributed by atoms with Crippen LogP contribution in [0, 0.1) is 25.1 Å². The Labute approximate surface area is 130 Å². The number of carbonyl (C=O) groups is 1. The summed E-state index contributed by atoms with van der Waals surface area (Å²) in [6, 6.07) is 7.19. The molecule has 0 aliphatic carbocycles. The van der Waals surface area contributed by atoms with Crippen LogP contribution in [0.25, 0.3) is 0 Å². The van der Waals surface area contributed by atoms with Crippen LogP contribution in [0.1, 0.15) is 27.0 Å². The maximum absolute atomic E-state index is 13.9. The smallest absolute Gasteiger partial charge is 0.322 e. The van der Waals surface area contributed by atoms with Gasteiger partial charge in [0.15, 0.2) is 0 Å². The predicted octanol–water partition coefficient (Wildman–Crippen LogP) is 4.39. The third-order valence-electron chi connectivity index (χ3n) is 3.20. The summed E-state index contributed by atoms with van der Waals surface area (Å²) in [5.74, 6) is -0.180. The van der Waals surface area contributed by atoms with E-state index >= 15 is 0 Å². The molecule has 2 rings (SSSR count). The van der Waals surface area contributed by atoms with Gasteiger partial charge in [0.1, 0.15) is 5.82 Å². The van der Waals surface area contributed by atoms with Crippen LogP contribution >= 0.6 is 0 Å². The molecule has 0 fully saturated rings. The average Bonchev–Trinajstić information content (AvgIpc) is 2.48. The lowest BCUT2D eigenvalue weighted by molar-refractivity contribution is -0.140. The number of amides is 1. The van der Waals surface area contributed by atoms with E-state index < -0.39 is 29.0 Å². The molecular weight excluding hydrogens is 310 g/mol. The molecule has 0 aliphatic rings. The van der Waals surface area contributed by atoms with Crippen molar-refractivity contribution in [2.24, 2.45) is 0 Å². The maximum Gasteiger partial charge on any atom is 0.419 e. The molecule has 2 nitrogen and oxygen atoms in total. The molecule has 0 bridgehead atoms. The molecule has 0 radical (unpaired) electrons. The minimum absolute atomic E-state index is 0.269. The number of carbonyl (C=O) groups excluding carboxylic acids is 1. The monoisotopic (exact) mass is 321 g/mol. The SMILES string of the molecule is C#Cc1cc(NC(=O)c2cccc(C(F)(F)F)c2F)ccc1C. The fraction of sp³-hybridized carbons (Fsp3) is 0.118. The molecule has 0 saturated carbocycles. The van der Waals surface area contributed by atoms with Crippen molar-refractivity contribution in [1.82, 2.24) is 0 Å².